The SMILES string of the molecule is OC(c1ccc(Br)cn1)c1ccc(F)cc1F. The molecule has 2 aromatic rings. The third kappa shape index (κ3) is 2.68. The Kier molecular flexibility index (Phi) is 3.49. The average molecular weight is 300 g/mol. The van der Waals surface area contributed by atoms with E-state index in [0.717, 1.165) is 16.6 Å². The molecule has 1 heterocycles. The molecule has 0 spiro atoms. The molecule has 1 atom stereocenters. The summed E-state index contributed by atoms with van der Waals surface area (Å²) in [6.45, 7) is 0. The molecule has 88 valence electrons. The Morgan fingerprint density at radius 2 is 1.94 bits per heavy atom. The molecule has 0 bridgehead atoms. The number of halogens is 3. The van der Waals surface area contributed by atoms with Gasteiger partial charge in [-0.1, -0.05) is 6.07 Å². The minimum atomic E-state index is -1.20. The van der Waals surface area contributed by atoms with Gasteiger partial charge in [-0.05, 0) is 34.1 Å². The van der Waals surface area contributed by atoms with Gasteiger partial charge in [0.05, 0.1) is 5.69 Å². The molecule has 2 nitrogen and oxygen atoms in total. The third-order valence-corrected chi connectivity index (χ3v) is 2.76. The fraction of sp³-hybridized carbons (Fsp3) is 0.0833. The van der Waals surface area contributed by atoms with Crippen molar-refractivity contribution in [3.8, 4) is 0 Å². The largest absolute Gasteiger partial charge is 0.382 e. The molecule has 1 unspecified atom stereocenters. The van der Waals surface area contributed by atoms with Crippen LogP contribution in [0.5, 0.6) is 0 Å². The van der Waals surface area contributed by atoms with Crippen LogP contribution in [0.2, 0.25) is 0 Å². The lowest BCUT2D eigenvalue weighted by atomic mass is 10.1. The van der Waals surface area contributed by atoms with E-state index >= 15 is 0 Å². The third-order valence-electron chi connectivity index (χ3n) is 2.29. The summed E-state index contributed by atoms with van der Waals surface area (Å²) >= 11 is 3.21. The van der Waals surface area contributed by atoms with Crippen LogP contribution in [-0.4, -0.2) is 10.1 Å². The predicted octanol–water partition coefficient (Wildman–Crippen LogP) is 3.20. The lowest BCUT2D eigenvalue weighted by Gasteiger charge is -2.11. The molecule has 0 aliphatic heterocycles. The van der Waals surface area contributed by atoms with Crippen molar-refractivity contribution in [2.45, 2.75) is 6.10 Å². The second-order valence-electron chi connectivity index (χ2n) is 3.47. The summed E-state index contributed by atoms with van der Waals surface area (Å²) in [4.78, 5) is 3.96. The number of pyridine rings is 1. The standard InChI is InChI=1S/C12H8BrF2NO/c13-7-1-4-11(16-6-7)12(17)9-3-2-8(14)5-10(9)15/h1-6,12,17H. The highest BCUT2D eigenvalue weighted by atomic mass is 79.9. The van der Waals surface area contributed by atoms with Crippen molar-refractivity contribution in [2.24, 2.45) is 0 Å². The Balaban J connectivity index is 2.36. The molecular formula is C12H8BrF2NO. The molecule has 0 saturated carbocycles. The van der Waals surface area contributed by atoms with Gasteiger partial charge in [-0.3, -0.25) is 4.98 Å². The van der Waals surface area contributed by atoms with Crippen LogP contribution in [0.4, 0.5) is 8.78 Å². The number of nitrogens with zero attached hydrogens (tertiary/aromatic N) is 1. The smallest absolute Gasteiger partial charge is 0.132 e. The van der Waals surface area contributed by atoms with Gasteiger partial charge >= 0.3 is 0 Å². The number of rotatable bonds is 2. The van der Waals surface area contributed by atoms with Crippen molar-refractivity contribution in [3.63, 3.8) is 0 Å². The van der Waals surface area contributed by atoms with E-state index in [1.54, 1.807) is 12.1 Å². The maximum atomic E-state index is 13.4. The fourth-order valence-electron chi connectivity index (χ4n) is 1.43. The van der Waals surface area contributed by atoms with Crippen LogP contribution in [0.25, 0.3) is 0 Å². The van der Waals surface area contributed by atoms with Crippen LogP contribution in [0.1, 0.15) is 17.4 Å². The van der Waals surface area contributed by atoms with E-state index < -0.39 is 17.7 Å². The average Bonchev–Trinajstić information content (AvgIpc) is 2.29. The molecule has 1 aromatic heterocycles. The van der Waals surface area contributed by atoms with Crippen molar-refractivity contribution in [1.82, 2.24) is 4.98 Å². The van der Waals surface area contributed by atoms with Gasteiger partial charge in [0.25, 0.3) is 0 Å². The summed E-state index contributed by atoms with van der Waals surface area (Å²) in [6, 6.07) is 6.29. The molecule has 17 heavy (non-hydrogen) atoms. The molecule has 2 rings (SSSR count). The van der Waals surface area contributed by atoms with Gasteiger partial charge in [-0.2, -0.15) is 0 Å². The van der Waals surface area contributed by atoms with Crippen LogP contribution in [0.15, 0.2) is 41.0 Å². The zero-order valence-electron chi connectivity index (χ0n) is 8.57. The van der Waals surface area contributed by atoms with Crippen LogP contribution in [0.3, 0.4) is 0 Å². The van der Waals surface area contributed by atoms with E-state index in [2.05, 4.69) is 20.9 Å². The van der Waals surface area contributed by atoms with Crippen molar-refractivity contribution in [2.75, 3.05) is 0 Å². The lowest BCUT2D eigenvalue weighted by molar-refractivity contribution is 0.210. The summed E-state index contributed by atoms with van der Waals surface area (Å²) in [5.74, 6) is -1.47. The normalized spacial score (nSPS) is 12.5. The van der Waals surface area contributed by atoms with E-state index in [4.69, 9.17) is 0 Å². The Morgan fingerprint density at radius 1 is 1.18 bits per heavy atom. The molecule has 1 N–H and O–H groups in total. The zero-order valence-corrected chi connectivity index (χ0v) is 10.2. The summed E-state index contributed by atoms with van der Waals surface area (Å²) in [6.07, 6.45) is 0.295. The van der Waals surface area contributed by atoms with Crippen molar-refractivity contribution in [1.29, 1.82) is 0 Å². The van der Waals surface area contributed by atoms with Gasteiger partial charge in [0.2, 0.25) is 0 Å². The minimum absolute atomic E-state index is 0.00113. The molecule has 0 amide bonds. The molecule has 1 aromatic carbocycles. The quantitative estimate of drug-likeness (QED) is 0.924. The van der Waals surface area contributed by atoms with Gasteiger partial charge in [0.1, 0.15) is 17.7 Å². The van der Waals surface area contributed by atoms with Crippen molar-refractivity contribution >= 4 is 15.9 Å². The van der Waals surface area contributed by atoms with Gasteiger partial charge in [0, 0.05) is 22.3 Å². The Hall–Kier alpha value is -1.33. The predicted molar refractivity (Wildman–Crippen MR) is 62.4 cm³/mol. The Bertz CT molecular complexity index is 531. The Morgan fingerprint density at radius 3 is 2.53 bits per heavy atom. The maximum Gasteiger partial charge on any atom is 0.132 e. The van der Waals surface area contributed by atoms with Crippen LogP contribution < -0.4 is 0 Å². The first-order valence-corrected chi connectivity index (χ1v) is 5.61. The summed E-state index contributed by atoms with van der Waals surface area (Å²) in [5, 5.41) is 9.91. The van der Waals surface area contributed by atoms with E-state index in [1.807, 2.05) is 0 Å². The van der Waals surface area contributed by atoms with Crippen LogP contribution in [0, 0.1) is 11.6 Å². The second-order valence-corrected chi connectivity index (χ2v) is 4.39. The number of benzene rings is 1. The van der Waals surface area contributed by atoms with E-state index in [0.29, 0.717) is 5.69 Å². The summed E-state index contributed by atoms with van der Waals surface area (Å²) in [5.41, 5.74) is 0.305. The minimum Gasteiger partial charge on any atom is -0.382 e. The van der Waals surface area contributed by atoms with Gasteiger partial charge in [0.15, 0.2) is 0 Å². The van der Waals surface area contributed by atoms with Crippen LogP contribution in [-0.2, 0) is 0 Å². The molecule has 0 aliphatic rings. The molecule has 5 heteroatoms. The maximum absolute atomic E-state index is 13.4. The zero-order chi connectivity index (χ0) is 12.4. The first-order chi connectivity index (χ1) is 8.08. The first-order valence-electron chi connectivity index (χ1n) is 4.82. The number of aliphatic hydroxyl groups excluding tert-OH is 1. The van der Waals surface area contributed by atoms with E-state index in [1.165, 1.54) is 12.3 Å². The molecular weight excluding hydrogens is 292 g/mol. The van der Waals surface area contributed by atoms with Crippen molar-refractivity contribution in [3.05, 3.63) is 63.9 Å². The number of aliphatic hydroxyl groups is 1. The van der Waals surface area contributed by atoms with Gasteiger partial charge in [-0.15, -0.1) is 0 Å². The highest BCUT2D eigenvalue weighted by Gasteiger charge is 2.16. The highest BCUT2D eigenvalue weighted by molar-refractivity contribution is 9.10. The number of hydrogen-bond donors (Lipinski definition) is 1. The monoisotopic (exact) mass is 299 g/mol. The van der Waals surface area contributed by atoms with Gasteiger partial charge < -0.3 is 5.11 Å². The fourth-order valence-corrected chi connectivity index (χ4v) is 1.67. The van der Waals surface area contributed by atoms with E-state index in [-0.39, 0.29) is 5.56 Å². The van der Waals surface area contributed by atoms with Gasteiger partial charge in [-0.25, -0.2) is 8.78 Å². The first kappa shape index (κ1) is 12.1. The van der Waals surface area contributed by atoms with Crippen molar-refractivity contribution < 1.29 is 13.9 Å². The van der Waals surface area contributed by atoms with E-state index in [9.17, 15) is 13.9 Å². The highest BCUT2D eigenvalue weighted by Crippen LogP contribution is 2.24. The Labute approximate surface area is 105 Å². The molecule has 0 aliphatic carbocycles. The molecule has 0 fully saturated rings. The molecule has 0 saturated heterocycles. The topological polar surface area (TPSA) is 33.1 Å². The van der Waals surface area contributed by atoms with Crippen LogP contribution >= 0.6 is 15.9 Å². The number of hydrogen-bond acceptors (Lipinski definition) is 2. The molecule has 0 radical (unpaired) electrons. The summed E-state index contributed by atoms with van der Waals surface area (Å²) < 4.78 is 26.9. The second kappa shape index (κ2) is 4.89. The lowest BCUT2D eigenvalue weighted by Crippen LogP contribution is -2.04. The summed E-state index contributed by atoms with van der Waals surface area (Å²) in [7, 11) is 0. The number of aromatic nitrogens is 1.